The zero-order valence-electron chi connectivity index (χ0n) is 17.7. The van der Waals surface area contributed by atoms with E-state index in [2.05, 4.69) is 15.4 Å². The minimum absolute atomic E-state index is 0.0548. The predicted octanol–water partition coefficient (Wildman–Crippen LogP) is 0.495. The van der Waals surface area contributed by atoms with Crippen LogP contribution in [0.25, 0.3) is 0 Å². The van der Waals surface area contributed by atoms with Crippen LogP contribution in [0.2, 0.25) is 0 Å². The lowest BCUT2D eigenvalue weighted by Gasteiger charge is -2.38. The molecule has 1 aliphatic rings. The third kappa shape index (κ3) is 4.64. The van der Waals surface area contributed by atoms with Gasteiger partial charge in [0.15, 0.2) is 11.5 Å². The zero-order chi connectivity index (χ0) is 23.8. The summed E-state index contributed by atoms with van der Waals surface area (Å²) in [5.74, 6) is -2.45. The Bertz CT molecular complexity index is 1190. The predicted molar refractivity (Wildman–Crippen MR) is 121 cm³/mol. The van der Waals surface area contributed by atoms with Crippen molar-refractivity contribution in [2.45, 2.75) is 30.9 Å². The summed E-state index contributed by atoms with van der Waals surface area (Å²) >= 11 is 0. The number of halogens is 1. The first kappa shape index (κ1) is 22.6. The molecule has 0 aliphatic carbocycles. The molecule has 3 heterocycles. The fourth-order valence-corrected chi connectivity index (χ4v) is 3.54. The molecule has 1 N–H and O–H groups in total. The van der Waals surface area contributed by atoms with Crippen molar-refractivity contribution in [2.75, 3.05) is 4.90 Å². The van der Waals surface area contributed by atoms with Crippen LogP contribution in [0.3, 0.4) is 0 Å². The molecule has 2 atom stereocenters. The van der Waals surface area contributed by atoms with Crippen LogP contribution < -0.4 is 15.0 Å². The minimum atomic E-state index is -2.12. The summed E-state index contributed by atoms with van der Waals surface area (Å²) < 4.78 is 21.6. The highest BCUT2D eigenvalue weighted by Gasteiger charge is 2.41. The molecule has 0 spiro atoms. The number of anilines is 1. The van der Waals surface area contributed by atoms with Crippen molar-refractivity contribution in [3.8, 4) is 5.88 Å². The highest BCUT2D eigenvalue weighted by Crippen LogP contribution is 2.33. The van der Waals surface area contributed by atoms with Crippen molar-refractivity contribution in [1.82, 2.24) is 20.1 Å². The molecule has 2 amide bonds. The fourth-order valence-electron chi connectivity index (χ4n) is 3.54. The number of amides is 2. The number of hydrogen-bond donors (Lipinski definition) is 1. The molecule has 0 unspecified atom stereocenters. The van der Waals surface area contributed by atoms with Crippen LogP contribution in [0.5, 0.6) is 5.88 Å². The number of carbonyl (C=O) groups is 2. The van der Waals surface area contributed by atoms with Gasteiger partial charge in [-0.05, 0) is 24.6 Å². The average Bonchev–Trinajstić information content (AvgIpc) is 3.07. The van der Waals surface area contributed by atoms with E-state index in [1.165, 1.54) is 16.9 Å². The summed E-state index contributed by atoms with van der Waals surface area (Å²) in [6.07, 6.45) is 1.65. The highest BCUT2D eigenvalue weighted by atomic mass is 19.1. The number of rotatable bonds is 5. The van der Waals surface area contributed by atoms with Gasteiger partial charge in [0.05, 0.1) is 36.3 Å². The number of pyridine rings is 1. The Morgan fingerprint density at radius 2 is 1.94 bits per heavy atom. The number of carbonyl (C=O) groups excluding carboxylic acids is 2. The summed E-state index contributed by atoms with van der Waals surface area (Å²) in [5, 5.41) is 4.38. The van der Waals surface area contributed by atoms with Gasteiger partial charge in [-0.2, -0.15) is 5.10 Å². The van der Waals surface area contributed by atoms with Crippen LogP contribution in [0.4, 0.5) is 10.1 Å². The molecule has 6 radical (unpaired) electrons. The van der Waals surface area contributed by atoms with Gasteiger partial charge in [0.25, 0.3) is 11.8 Å². The lowest BCUT2D eigenvalue weighted by Crippen LogP contribution is -2.61. The van der Waals surface area contributed by atoms with E-state index in [0.717, 1.165) is 16.7 Å². The maximum atomic E-state index is 14.5. The van der Waals surface area contributed by atoms with Crippen LogP contribution in [0.15, 0.2) is 54.9 Å². The zero-order valence-corrected chi connectivity index (χ0v) is 17.7. The smallest absolute Gasteiger partial charge is 0.275 e. The third-order valence-corrected chi connectivity index (χ3v) is 5.04. The van der Waals surface area contributed by atoms with E-state index in [-0.39, 0.29) is 18.1 Å². The van der Waals surface area contributed by atoms with E-state index in [4.69, 9.17) is 28.3 Å². The molecule has 3 aromatic rings. The Morgan fingerprint density at radius 1 is 1.21 bits per heavy atom. The number of ether oxygens (including phenoxy) is 1. The van der Waals surface area contributed by atoms with Crippen LogP contribution >= 0.6 is 0 Å². The molecular weight excluding hydrogens is 422 g/mol. The molecule has 12 heteroatoms. The Balaban J connectivity index is 1.59. The monoisotopic (exact) mass is 439 g/mol. The van der Waals surface area contributed by atoms with Crippen molar-refractivity contribution in [1.29, 1.82) is 0 Å². The highest BCUT2D eigenvalue weighted by molar-refractivity contribution is 6.62. The summed E-state index contributed by atoms with van der Waals surface area (Å²) in [6.45, 7) is 1.80. The van der Waals surface area contributed by atoms with Crippen LogP contribution in [-0.4, -0.2) is 67.5 Å². The average molecular weight is 439 g/mol. The number of benzene rings is 1. The first-order valence-electron chi connectivity index (χ1n) is 10.1. The lowest BCUT2D eigenvalue weighted by molar-refractivity contribution is -0.121. The fraction of sp³-hybridized carbons (Fsp3) is 0.238. The summed E-state index contributed by atoms with van der Waals surface area (Å²) in [5.41, 5.74) is 0.535. The van der Waals surface area contributed by atoms with Gasteiger partial charge >= 0.3 is 0 Å². The number of fused-ring (bicyclic) bond motifs is 1. The van der Waals surface area contributed by atoms with Gasteiger partial charge < -0.3 is 15.0 Å². The molecule has 8 nitrogen and oxygen atoms in total. The molecule has 33 heavy (non-hydrogen) atoms. The lowest BCUT2D eigenvalue weighted by atomic mass is 9.48. The summed E-state index contributed by atoms with van der Waals surface area (Å²) in [6, 6.07) is 11.0. The van der Waals surface area contributed by atoms with Crippen molar-refractivity contribution >= 4 is 41.0 Å². The number of hydrogen-bond acceptors (Lipinski definition) is 5. The Morgan fingerprint density at radius 3 is 2.64 bits per heavy atom. The normalized spacial score (nSPS) is 18.2. The molecule has 1 aliphatic heterocycles. The molecule has 0 fully saturated rings. The standard InChI is InChI=1S/C21H17B3FN5O3/c1-12-16(20(32)30(21(22,23)24)15-8-5-9-26-19(15)33-12)27-18(31)17-14(25)11-29(28-17)10-13-6-3-2-4-7-13/h2-9,11-12,16H,10H2,1H3,(H,27,31)/t12-,16+/m1/s1. The second kappa shape index (κ2) is 8.76. The maximum absolute atomic E-state index is 14.5. The molecule has 1 aromatic carbocycles. The van der Waals surface area contributed by atoms with E-state index in [0.29, 0.717) is 0 Å². The van der Waals surface area contributed by atoms with Crippen molar-refractivity contribution < 1.29 is 18.7 Å². The van der Waals surface area contributed by atoms with E-state index in [9.17, 15) is 14.0 Å². The van der Waals surface area contributed by atoms with Crippen LogP contribution in [0.1, 0.15) is 23.0 Å². The van der Waals surface area contributed by atoms with Crippen molar-refractivity contribution in [3.63, 3.8) is 0 Å². The van der Waals surface area contributed by atoms with Crippen LogP contribution in [-0.2, 0) is 11.3 Å². The van der Waals surface area contributed by atoms with Gasteiger partial charge in [0, 0.05) is 6.20 Å². The first-order valence-corrected chi connectivity index (χ1v) is 10.1. The van der Waals surface area contributed by atoms with E-state index >= 15 is 0 Å². The number of aromatic nitrogens is 3. The summed E-state index contributed by atoms with van der Waals surface area (Å²) in [7, 11) is 17.5. The largest absolute Gasteiger partial charge is 0.470 e. The minimum Gasteiger partial charge on any atom is -0.470 e. The molecular formula is C21H17B3FN5O3. The van der Waals surface area contributed by atoms with E-state index in [1.807, 2.05) is 30.3 Å². The molecule has 2 aromatic heterocycles. The quantitative estimate of drug-likeness (QED) is 0.586. The molecule has 4 rings (SSSR count). The Hall–Kier alpha value is -3.56. The number of nitrogens with one attached hydrogen (secondary N) is 1. The van der Waals surface area contributed by atoms with Gasteiger partial charge in [-0.3, -0.25) is 14.3 Å². The van der Waals surface area contributed by atoms with Crippen LogP contribution in [0, 0.1) is 5.82 Å². The van der Waals surface area contributed by atoms with Crippen molar-refractivity contribution in [2.24, 2.45) is 0 Å². The van der Waals surface area contributed by atoms with E-state index in [1.54, 1.807) is 13.0 Å². The second-order valence-corrected chi connectivity index (χ2v) is 7.67. The van der Waals surface area contributed by atoms with Gasteiger partial charge in [0.1, 0.15) is 17.8 Å². The van der Waals surface area contributed by atoms with Gasteiger partial charge in [-0.15, -0.1) is 0 Å². The topological polar surface area (TPSA) is 89.4 Å². The first-order chi connectivity index (χ1) is 15.6. The second-order valence-electron chi connectivity index (χ2n) is 7.67. The Labute approximate surface area is 193 Å². The number of nitrogens with zero attached hydrogens (tertiary/aromatic N) is 4. The molecule has 160 valence electrons. The van der Waals surface area contributed by atoms with E-state index < -0.39 is 40.7 Å². The third-order valence-electron chi connectivity index (χ3n) is 5.04. The Kier molecular flexibility index (Phi) is 6.01. The maximum Gasteiger partial charge on any atom is 0.275 e. The van der Waals surface area contributed by atoms with Gasteiger partial charge in [-0.25, -0.2) is 9.37 Å². The molecule has 0 saturated heterocycles. The summed E-state index contributed by atoms with van der Waals surface area (Å²) in [4.78, 5) is 31.1. The molecule has 0 saturated carbocycles. The SMILES string of the molecule is [B]C([B])([B])N1C(=O)[C@@H](NC(=O)c2nn(Cc3ccccc3)cc2F)[C@@H](C)Oc2ncccc21. The molecule has 0 bridgehead atoms. The van der Waals surface area contributed by atoms with Gasteiger partial charge in [0.2, 0.25) is 5.88 Å². The van der Waals surface area contributed by atoms with Gasteiger partial charge in [-0.1, -0.05) is 35.6 Å². The van der Waals surface area contributed by atoms with Crippen molar-refractivity contribution in [3.05, 3.63) is 71.9 Å².